The van der Waals surface area contributed by atoms with E-state index in [0.29, 0.717) is 13.1 Å². The van der Waals surface area contributed by atoms with E-state index in [1.165, 1.54) is 6.07 Å². The minimum absolute atomic E-state index is 0.0744. The van der Waals surface area contributed by atoms with Gasteiger partial charge in [0.2, 0.25) is 0 Å². The van der Waals surface area contributed by atoms with E-state index in [9.17, 15) is 20.2 Å². The Kier molecular flexibility index (Phi) is 5.00. The summed E-state index contributed by atoms with van der Waals surface area (Å²) < 4.78 is 14.7. The van der Waals surface area contributed by atoms with Crippen molar-refractivity contribution in [2.75, 3.05) is 19.6 Å². The summed E-state index contributed by atoms with van der Waals surface area (Å²) in [4.78, 5) is 2.19. The second-order valence-electron chi connectivity index (χ2n) is 6.96. The lowest BCUT2D eigenvalue weighted by Gasteiger charge is -2.45. The third kappa shape index (κ3) is 2.78. The number of nitriles is 3. The van der Waals surface area contributed by atoms with E-state index in [4.69, 9.17) is 5.73 Å². The molecule has 0 aromatic heterocycles. The third-order valence-electron chi connectivity index (χ3n) is 5.52. The molecule has 2 N–H and O–H groups in total. The van der Waals surface area contributed by atoms with E-state index in [0.717, 1.165) is 18.5 Å². The molecule has 3 rings (SSSR count). The molecular formula is C21H20FN5. The molecule has 136 valence electrons. The molecule has 0 saturated carbocycles. The molecule has 0 radical (unpaired) electrons. The van der Waals surface area contributed by atoms with Crippen molar-refractivity contribution in [3.8, 4) is 18.2 Å². The van der Waals surface area contributed by atoms with Gasteiger partial charge in [-0.15, -0.1) is 0 Å². The van der Waals surface area contributed by atoms with Crippen molar-refractivity contribution in [1.82, 2.24) is 4.90 Å². The van der Waals surface area contributed by atoms with E-state index >= 15 is 0 Å². The molecule has 2 atom stereocenters. The fraction of sp³-hybridized carbons (Fsp3) is 0.381. The molecule has 1 aromatic carbocycles. The molecule has 1 aromatic rings. The molecule has 6 heteroatoms. The molecule has 1 aliphatic carbocycles. The molecule has 27 heavy (non-hydrogen) atoms. The number of halogens is 1. The zero-order valence-corrected chi connectivity index (χ0v) is 15.1. The normalized spacial score (nSPS) is 24.2. The van der Waals surface area contributed by atoms with Gasteiger partial charge in [-0.25, -0.2) is 4.39 Å². The number of benzene rings is 1. The van der Waals surface area contributed by atoms with Crippen LogP contribution in [0.3, 0.4) is 0 Å². The highest BCUT2D eigenvalue weighted by molar-refractivity contribution is 5.59. The Hall–Kier alpha value is -3.14. The summed E-state index contributed by atoms with van der Waals surface area (Å²) in [5.41, 5.74) is 5.53. The van der Waals surface area contributed by atoms with E-state index in [2.05, 4.69) is 17.9 Å². The van der Waals surface area contributed by atoms with Gasteiger partial charge in [0.15, 0.2) is 5.41 Å². The van der Waals surface area contributed by atoms with Gasteiger partial charge < -0.3 is 5.73 Å². The van der Waals surface area contributed by atoms with Crippen molar-refractivity contribution in [2.45, 2.75) is 19.3 Å². The number of allylic oxidation sites excluding steroid dienone is 2. The summed E-state index contributed by atoms with van der Waals surface area (Å²) in [6, 6.07) is 12.3. The Balaban J connectivity index is 2.30. The number of nitrogens with zero attached hydrogens (tertiary/aromatic N) is 4. The van der Waals surface area contributed by atoms with Crippen LogP contribution in [0.25, 0.3) is 0 Å². The number of fused-ring (bicyclic) bond motifs is 1. The summed E-state index contributed by atoms with van der Waals surface area (Å²) >= 11 is 0. The Morgan fingerprint density at radius 3 is 2.56 bits per heavy atom. The van der Waals surface area contributed by atoms with Crippen molar-refractivity contribution in [3.05, 3.63) is 58.6 Å². The van der Waals surface area contributed by atoms with Crippen molar-refractivity contribution < 1.29 is 4.39 Å². The van der Waals surface area contributed by atoms with Crippen LogP contribution in [0.2, 0.25) is 0 Å². The summed E-state index contributed by atoms with van der Waals surface area (Å²) in [7, 11) is 0. The zero-order valence-electron chi connectivity index (χ0n) is 15.1. The topological polar surface area (TPSA) is 101 Å². The van der Waals surface area contributed by atoms with Crippen molar-refractivity contribution in [2.24, 2.45) is 17.1 Å². The second-order valence-corrected chi connectivity index (χ2v) is 6.96. The predicted molar refractivity (Wildman–Crippen MR) is 97.9 cm³/mol. The minimum Gasteiger partial charge on any atom is -0.399 e. The highest BCUT2D eigenvalue weighted by atomic mass is 19.1. The SMILES string of the molecule is CCCN1CC=C2C(C#N)=C(N)C(C#N)(C#N)[C@@H](c3ccccc3F)[C@@H]2C1. The lowest BCUT2D eigenvalue weighted by Crippen LogP contribution is -2.48. The fourth-order valence-corrected chi connectivity index (χ4v) is 4.31. The van der Waals surface area contributed by atoms with Crippen molar-refractivity contribution in [1.29, 1.82) is 15.8 Å². The standard InChI is InChI=1S/C21H20FN5/c1-2-8-27-9-7-14-16(10-23)20(26)21(12-24,13-25)19(17(14)11-27)15-5-3-4-6-18(15)22/h3-7,17,19H,2,8-9,11,26H2,1H3/t17-,19+/m1/s1. The molecule has 1 aliphatic heterocycles. The Labute approximate surface area is 158 Å². The van der Waals surface area contributed by atoms with Crippen LogP contribution < -0.4 is 5.73 Å². The van der Waals surface area contributed by atoms with Crippen LogP contribution >= 0.6 is 0 Å². The van der Waals surface area contributed by atoms with Crippen LogP contribution in [0.15, 0.2) is 47.2 Å². The molecule has 0 saturated heterocycles. The van der Waals surface area contributed by atoms with Gasteiger partial charge in [-0.2, -0.15) is 15.8 Å². The molecular weight excluding hydrogens is 341 g/mol. The lowest BCUT2D eigenvalue weighted by atomic mass is 9.58. The Morgan fingerprint density at radius 2 is 1.96 bits per heavy atom. The average Bonchev–Trinajstić information content (AvgIpc) is 2.68. The van der Waals surface area contributed by atoms with Crippen LogP contribution in [-0.2, 0) is 0 Å². The number of rotatable bonds is 3. The second kappa shape index (κ2) is 7.23. The van der Waals surface area contributed by atoms with Crippen LogP contribution in [-0.4, -0.2) is 24.5 Å². The summed E-state index contributed by atoms with van der Waals surface area (Å²) in [5.74, 6) is -1.61. The molecule has 5 nitrogen and oxygen atoms in total. The molecule has 0 spiro atoms. The highest BCUT2D eigenvalue weighted by Gasteiger charge is 2.55. The maximum atomic E-state index is 14.7. The average molecular weight is 361 g/mol. The largest absolute Gasteiger partial charge is 0.399 e. The summed E-state index contributed by atoms with van der Waals surface area (Å²) in [6.45, 7) is 4.12. The van der Waals surface area contributed by atoms with Gasteiger partial charge in [0, 0.05) is 24.9 Å². The fourth-order valence-electron chi connectivity index (χ4n) is 4.31. The molecule has 0 bridgehead atoms. The van der Waals surface area contributed by atoms with Crippen LogP contribution in [0, 0.1) is 51.1 Å². The van der Waals surface area contributed by atoms with Crippen molar-refractivity contribution in [3.63, 3.8) is 0 Å². The molecule has 1 heterocycles. The molecule has 0 unspecified atom stereocenters. The monoisotopic (exact) mass is 361 g/mol. The first kappa shape index (κ1) is 18.6. The lowest BCUT2D eigenvalue weighted by molar-refractivity contribution is 0.205. The van der Waals surface area contributed by atoms with Crippen LogP contribution in [0.5, 0.6) is 0 Å². The van der Waals surface area contributed by atoms with E-state index in [1.807, 2.05) is 18.2 Å². The van der Waals surface area contributed by atoms with Gasteiger partial charge >= 0.3 is 0 Å². The van der Waals surface area contributed by atoms with Gasteiger partial charge in [0.25, 0.3) is 0 Å². The van der Waals surface area contributed by atoms with Gasteiger partial charge in [0.1, 0.15) is 11.9 Å². The quantitative estimate of drug-likeness (QED) is 0.892. The van der Waals surface area contributed by atoms with Gasteiger partial charge in [-0.1, -0.05) is 31.2 Å². The van der Waals surface area contributed by atoms with Gasteiger partial charge in [-0.3, -0.25) is 4.90 Å². The summed E-state index contributed by atoms with van der Waals surface area (Å²) in [5, 5.41) is 29.6. The molecule has 0 amide bonds. The zero-order chi connectivity index (χ0) is 19.6. The minimum atomic E-state index is -1.79. The van der Waals surface area contributed by atoms with E-state index in [-0.39, 0.29) is 22.8 Å². The van der Waals surface area contributed by atoms with Crippen LogP contribution in [0.1, 0.15) is 24.8 Å². The van der Waals surface area contributed by atoms with Crippen molar-refractivity contribution >= 4 is 0 Å². The number of nitrogens with two attached hydrogens (primary N) is 1. The smallest absolute Gasteiger partial charge is 0.191 e. The first-order valence-electron chi connectivity index (χ1n) is 8.94. The predicted octanol–water partition coefficient (Wildman–Crippen LogP) is 2.96. The summed E-state index contributed by atoms with van der Waals surface area (Å²) in [6.07, 6.45) is 2.88. The van der Waals surface area contributed by atoms with Crippen LogP contribution in [0.4, 0.5) is 4.39 Å². The first-order valence-corrected chi connectivity index (χ1v) is 8.94. The highest BCUT2D eigenvalue weighted by Crippen LogP contribution is 2.54. The third-order valence-corrected chi connectivity index (χ3v) is 5.52. The van der Waals surface area contributed by atoms with E-state index < -0.39 is 17.2 Å². The van der Waals surface area contributed by atoms with E-state index in [1.54, 1.807) is 18.2 Å². The first-order chi connectivity index (χ1) is 13.0. The molecule has 2 aliphatic rings. The Morgan fingerprint density at radius 1 is 1.26 bits per heavy atom. The molecule has 0 fully saturated rings. The Bertz CT molecular complexity index is 927. The number of hydrogen-bond donors (Lipinski definition) is 1. The van der Waals surface area contributed by atoms with Gasteiger partial charge in [0.05, 0.1) is 23.4 Å². The maximum absolute atomic E-state index is 14.7. The maximum Gasteiger partial charge on any atom is 0.191 e. The number of hydrogen-bond acceptors (Lipinski definition) is 5. The van der Waals surface area contributed by atoms with Gasteiger partial charge in [-0.05, 0) is 30.2 Å².